The summed E-state index contributed by atoms with van der Waals surface area (Å²) in [6, 6.07) is 6.66. The molecule has 0 heterocycles. The van der Waals surface area contributed by atoms with Gasteiger partial charge in [0.05, 0.1) is 6.26 Å². The second-order valence-corrected chi connectivity index (χ2v) is 7.87. The van der Waals surface area contributed by atoms with Gasteiger partial charge in [0.1, 0.15) is 5.75 Å². The van der Waals surface area contributed by atoms with Crippen LogP contribution in [0.3, 0.4) is 0 Å². The summed E-state index contributed by atoms with van der Waals surface area (Å²) in [5.41, 5.74) is 0.919. The summed E-state index contributed by atoms with van der Waals surface area (Å²) in [5.74, 6) is 0.624. The monoisotopic (exact) mass is 356 g/mol. The summed E-state index contributed by atoms with van der Waals surface area (Å²) in [6.45, 7) is 8.00. The Morgan fingerprint density at radius 2 is 1.88 bits per heavy atom. The first-order valence-electron chi connectivity index (χ1n) is 8.22. The first kappa shape index (κ1) is 20.3. The van der Waals surface area contributed by atoms with E-state index in [1.165, 1.54) is 0 Å². The van der Waals surface area contributed by atoms with Crippen LogP contribution in [0.5, 0.6) is 5.75 Å². The van der Waals surface area contributed by atoms with Gasteiger partial charge in [-0.05, 0) is 30.0 Å². The number of hydrogen-bond donors (Lipinski definition) is 1. The molecule has 0 fully saturated rings. The van der Waals surface area contributed by atoms with Crippen molar-refractivity contribution in [2.45, 2.75) is 40.2 Å². The minimum Gasteiger partial charge on any atom is -0.383 e. The molecule has 136 valence electrons. The molecule has 1 N–H and O–H groups in total. The molecular formula is C17H28N2O4S. The fourth-order valence-corrected chi connectivity index (χ4v) is 2.65. The van der Waals surface area contributed by atoms with Crippen LogP contribution in [0.15, 0.2) is 24.3 Å². The zero-order valence-electron chi connectivity index (χ0n) is 14.9. The van der Waals surface area contributed by atoms with Crippen LogP contribution in [0.4, 0.5) is 4.79 Å². The van der Waals surface area contributed by atoms with Crippen molar-refractivity contribution in [3.8, 4) is 5.75 Å². The first-order chi connectivity index (χ1) is 11.2. The molecule has 0 radical (unpaired) electrons. The summed E-state index contributed by atoms with van der Waals surface area (Å²) < 4.78 is 27.0. The van der Waals surface area contributed by atoms with Gasteiger partial charge in [0.2, 0.25) is 0 Å². The average molecular weight is 356 g/mol. The molecule has 0 unspecified atom stereocenters. The Morgan fingerprint density at radius 3 is 2.38 bits per heavy atom. The summed E-state index contributed by atoms with van der Waals surface area (Å²) in [5, 5.41) is 2.93. The average Bonchev–Trinajstić information content (AvgIpc) is 2.46. The van der Waals surface area contributed by atoms with Gasteiger partial charge in [0.25, 0.3) is 0 Å². The lowest BCUT2D eigenvalue weighted by atomic mass is 10.1. The predicted octanol–water partition coefficient (Wildman–Crippen LogP) is 2.99. The SMILES string of the molecule is CCCCNC(=O)N(Cc1ccc(OS(C)(=O)=O)cc1)CC(C)C. The fraction of sp³-hybridized carbons (Fsp3) is 0.588. The molecule has 0 atom stereocenters. The zero-order valence-corrected chi connectivity index (χ0v) is 15.7. The second kappa shape index (κ2) is 9.52. The van der Waals surface area contributed by atoms with Gasteiger partial charge in [-0.15, -0.1) is 0 Å². The van der Waals surface area contributed by atoms with E-state index in [2.05, 4.69) is 26.1 Å². The third-order valence-electron chi connectivity index (χ3n) is 3.22. The van der Waals surface area contributed by atoms with Crippen LogP contribution in [0, 0.1) is 5.92 Å². The Balaban J connectivity index is 2.73. The fourth-order valence-electron chi connectivity index (χ4n) is 2.19. The van der Waals surface area contributed by atoms with Gasteiger partial charge in [-0.1, -0.05) is 39.3 Å². The van der Waals surface area contributed by atoms with Crippen molar-refractivity contribution in [3.05, 3.63) is 29.8 Å². The smallest absolute Gasteiger partial charge is 0.317 e. The van der Waals surface area contributed by atoms with Crippen LogP contribution in [0.25, 0.3) is 0 Å². The number of carbonyl (C=O) groups is 1. The van der Waals surface area contributed by atoms with Crippen molar-refractivity contribution in [1.82, 2.24) is 10.2 Å². The molecule has 7 heteroatoms. The maximum absolute atomic E-state index is 12.3. The molecule has 0 aromatic heterocycles. The molecule has 0 aliphatic rings. The Morgan fingerprint density at radius 1 is 1.25 bits per heavy atom. The van der Waals surface area contributed by atoms with E-state index in [1.54, 1.807) is 29.2 Å². The highest BCUT2D eigenvalue weighted by molar-refractivity contribution is 7.86. The standard InChI is InChI=1S/C17H28N2O4S/c1-5-6-11-18-17(20)19(12-14(2)3)13-15-7-9-16(10-8-15)23-24(4,21)22/h7-10,14H,5-6,11-13H2,1-4H3,(H,18,20). The first-order valence-corrected chi connectivity index (χ1v) is 10.0. The molecule has 24 heavy (non-hydrogen) atoms. The molecule has 0 aliphatic heterocycles. The van der Waals surface area contributed by atoms with Crippen LogP contribution in [0.1, 0.15) is 39.2 Å². The predicted molar refractivity (Wildman–Crippen MR) is 95.5 cm³/mol. The van der Waals surface area contributed by atoms with Crippen LogP contribution in [-0.2, 0) is 16.7 Å². The van der Waals surface area contributed by atoms with Crippen molar-refractivity contribution in [3.63, 3.8) is 0 Å². The van der Waals surface area contributed by atoms with Gasteiger partial charge in [0, 0.05) is 19.6 Å². The lowest BCUT2D eigenvalue weighted by Crippen LogP contribution is -2.41. The minimum absolute atomic E-state index is 0.0754. The van der Waals surface area contributed by atoms with Gasteiger partial charge in [-0.3, -0.25) is 0 Å². The molecule has 6 nitrogen and oxygen atoms in total. The van der Waals surface area contributed by atoms with Crippen molar-refractivity contribution in [1.29, 1.82) is 0 Å². The van der Waals surface area contributed by atoms with Crippen molar-refractivity contribution in [2.75, 3.05) is 19.3 Å². The van der Waals surface area contributed by atoms with E-state index in [-0.39, 0.29) is 11.8 Å². The molecule has 0 saturated carbocycles. The lowest BCUT2D eigenvalue weighted by Gasteiger charge is -2.25. The van der Waals surface area contributed by atoms with E-state index in [1.807, 2.05) is 0 Å². The number of rotatable bonds is 9. The maximum Gasteiger partial charge on any atom is 0.317 e. The highest BCUT2D eigenvalue weighted by Gasteiger charge is 2.15. The Kier molecular flexibility index (Phi) is 8.04. The molecular weight excluding hydrogens is 328 g/mol. The summed E-state index contributed by atoms with van der Waals surface area (Å²) >= 11 is 0. The third-order valence-corrected chi connectivity index (χ3v) is 3.72. The summed E-state index contributed by atoms with van der Waals surface area (Å²) in [6.07, 6.45) is 3.00. The number of nitrogens with one attached hydrogen (secondary N) is 1. The van der Waals surface area contributed by atoms with Crippen LogP contribution < -0.4 is 9.50 Å². The highest BCUT2D eigenvalue weighted by atomic mass is 32.2. The summed E-state index contributed by atoms with van der Waals surface area (Å²) in [4.78, 5) is 14.1. The van der Waals surface area contributed by atoms with Gasteiger partial charge in [0.15, 0.2) is 0 Å². The molecule has 1 rings (SSSR count). The Hall–Kier alpha value is -1.76. The Bertz CT molecular complexity index is 612. The lowest BCUT2D eigenvalue weighted by molar-refractivity contribution is 0.187. The van der Waals surface area contributed by atoms with Crippen LogP contribution in [-0.4, -0.2) is 38.7 Å². The molecule has 1 aromatic rings. The molecule has 1 aromatic carbocycles. The number of hydrogen-bond acceptors (Lipinski definition) is 4. The van der Waals surface area contributed by atoms with Crippen molar-refractivity contribution >= 4 is 16.1 Å². The summed E-state index contributed by atoms with van der Waals surface area (Å²) in [7, 11) is -3.53. The quantitative estimate of drug-likeness (QED) is 0.545. The zero-order chi connectivity index (χ0) is 18.2. The normalized spacial score (nSPS) is 11.4. The number of urea groups is 1. The second-order valence-electron chi connectivity index (χ2n) is 6.29. The van der Waals surface area contributed by atoms with Crippen LogP contribution in [0.2, 0.25) is 0 Å². The van der Waals surface area contributed by atoms with Gasteiger partial charge >= 0.3 is 16.1 Å². The third kappa shape index (κ3) is 8.19. The largest absolute Gasteiger partial charge is 0.383 e. The number of nitrogens with zero attached hydrogens (tertiary/aromatic N) is 1. The number of carbonyl (C=O) groups excluding carboxylic acids is 1. The minimum atomic E-state index is -3.53. The van der Waals surface area contributed by atoms with E-state index < -0.39 is 10.1 Å². The van der Waals surface area contributed by atoms with Crippen LogP contribution >= 0.6 is 0 Å². The molecule has 0 aliphatic carbocycles. The number of unbranched alkanes of at least 4 members (excludes halogenated alkanes) is 1. The molecule has 0 spiro atoms. The van der Waals surface area contributed by atoms with E-state index in [0.29, 0.717) is 25.6 Å². The topological polar surface area (TPSA) is 75.7 Å². The molecule has 0 bridgehead atoms. The van der Waals surface area contributed by atoms with Gasteiger partial charge in [-0.25, -0.2) is 4.79 Å². The molecule has 0 saturated heterocycles. The van der Waals surface area contributed by atoms with E-state index >= 15 is 0 Å². The highest BCUT2D eigenvalue weighted by Crippen LogP contribution is 2.16. The number of benzene rings is 1. The van der Waals surface area contributed by atoms with Crippen molar-refractivity contribution in [2.24, 2.45) is 5.92 Å². The van der Waals surface area contributed by atoms with Gasteiger partial charge in [-0.2, -0.15) is 8.42 Å². The maximum atomic E-state index is 12.3. The van der Waals surface area contributed by atoms with E-state index in [4.69, 9.17) is 4.18 Å². The van der Waals surface area contributed by atoms with E-state index in [0.717, 1.165) is 24.7 Å². The van der Waals surface area contributed by atoms with Gasteiger partial charge < -0.3 is 14.4 Å². The van der Waals surface area contributed by atoms with Crippen molar-refractivity contribution < 1.29 is 17.4 Å². The van der Waals surface area contributed by atoms with E-state index in [9.17, 15) is 13.2 Å². The number of amides is 2. The molecule has 2 amide bonds. The Labute approximate surface area is 145 Å².